The van der Waals surface area contributed by atoms with Crippen LogP contribution in [0.3, 0.4) is 0 Å². The summed E-state index contributed by atoms with van der Waals surface area (Å²) in [6.07, 6.45) is 6.35. The summed E-state index contributed by atoms with van der Waals surface area (Å²) in [5.74, 6) is 0.195. The molecule has 2 aromatic carbocycles. The van der Waals surface area contributed by atoms with Crippen LogP contribution in [0.5, 0.6) is 5.75 Å². The molecular weight excluding hydrogens is 522 g/mol. The SMILES string of the molecule is C[C@@]12CCC3c4ccc(OC(=O)c5ccccc5)cc4CCC3C1CCC2OC(=O)CCCNC(=O)CCC(=O)O. The number of nitrogens with one attached hydrogen (secondary N) is 1. The van der Waals surface area contributed by atoms with Gasteiger partial charge in [0.1, 0.15) is 11.9 Å². The Morgan fingerprint density at radius 3 is 2.56 bits per heavy atom. The molecule has 41 heavy (non-hydrogen) atoms. The predicted molar refractivity (Wildman–Crippen MR) is 151 cm³/mol. The highest BCUT2D eigenvalue weighted by Gasteiger charge is 2.56. The molecule has 0 radical (unpaired) electrons. The number of rotatable bonds is 10. The fourth-order valence-electron chi connectivity index (χ4n) is 7.49. The zero-order valence-electron chi connectivity index (χ0n) is 23.6. The summed E-state index contributed by atoms with van der Waals surface area (Å²) in [6, 6.07) is 15.1. The monoisotopic (exact) mass is 561 g/mol. The average Bonchev–Trinajstić information content (AvgIpc) is 3.30. The molecule has 218 valence electrons. The minimum Gasteiger partial charge on any atom is -0.481 e. The highest BCUT2D eigenvalue weighted by molar-refractivity contribution is 5.91. The van der Waals surface area contributed by atoms with Gasteiger partial charge in [0.15, 0.2) is 0 Å². The van der Waals surface area contributed by atoms with Crippen molar-refractivity contribution >= 4 is 23.8 Å². The van der Waals surface area contributed by atoms with E-state index in [-0.39, 0.29) is 48.6 Å². The van der Waals surface area contributed by atoms with Crippen molar-refractivity contribution in [3.05, 3.63) is 65.2 Å². The summed E-state index contributed by atoms with van der Waals surface area (Å²) in [7, 11) is 0. The summed E-state index contributed by atoms with van der Waals surface area (Å²) in [6.45, 7) is 2.62. The quantitative estimate of drug-likeness (QED) is 0.225. The third-order valence-corrected chi connectivity index (χ3v) is 9.55. The van der Waals surface area contributed by atoms with Gasteiger partial charge in [0.25, 0.3) is 0 Å². The van der Waals surface area contributed by atoms with Crippen LogP contribution < -0.4 is 10.1 Å². The van der Waals surface area contributed by atoms with Gasteiger partial charge in [0, 0.05) is 24.8 Å². The molecule has 3 aliphatic rings. The van der Waals surface area contributed by atoms with E-state index >= 15 is 0 Å². The summed E-state index contributed by atoms with van der Waals surface area (Å²) >= 11 is 0. The van der Waals surface area contributed by atoms with Gasteiger partial charge < -0.3 is 19.9 Å². The molecule has 8 heteroatoms. The number of esters is 2. The van der Waals surface area contributed by atoms with Crippen LogP contribution in [0.1, 0.15) is 92.1 Å². The van der Waals surface area contributed by atoms with Gasteiger partial charge >= 0.3 is 17.9 Å². The molecule has 0 aromatic heterocycles. The Hall–Kier alpha value is -3.68. The number of hydrogen-bond donors (Lipinski definition) is 2. The Balaban J connectivity index is 1.14. The van der Waals surface area contributed by atoms with E-state index in [9.17, 15) is 19.2 Å². The van der Waals surface area contributed by atoms with Crippen LogP contribution in [0, 0.1) is 17.3 Å². The fourth-order valence-corrected chi connectivity index (χ4v) is 7.49. The molecule has 4 unspecified atom stereocenters. The summed E-state index contributed by atoms with van der Waals surface area (Å²) < 4.78 is 11.7. The van der Waals surface area contributed by atoms with Crippen LogP contribution in [0.25, 0.3) is 0 Å². The van der Waals surface area contributed by atoms with Crippen molar-refractivity contribution in [3.63, 3.8) is 0 Å². The first-order valence-electron chi connectivity index (χ1n) is 14.8. The van der Waals surface area contributed by atoms with Crippen LogP contribution in [-0.4, -0.2) is 41.6 Å². The molecule has 0 bridgehead atoms. The number of carboxylic acids is 1. The Morgan fingerprint density at radius 2 is 1.78 bits per heavy atom. The van der Waals surface area contributed by atoms with Crippen molar-refractivity contribution in [3.8, 4) is 5.75 Å². The topological polar surface area (TPSA) is 119 Å². The van der Waals surface area contributed by atoms with Crippen LogP contribution in [-0.2, 0) is 25.5 Å². The number of ether oxygens (including phenoxy) is 2. The van der Waals surface area contributed by atoms with E-state index in [1.54, 1.807) is 12.1 Å². The van der Waals surface area contributed by atoms with E-state index in [1.165, 1.54) is 11.1 Å². The highest BCUT2D eigenvalue weighted by atomic mass is 16.5. The second kappa shape index (κ2) is 12.5. The van der Waals surface area contributed by atoms with Gasteiger partial charge in [-0.3, -0.25) is 14.4 Å². The van der Waals surface area contributed by atoms with E-state index in [0.717, 1.165) is 38.5 Å². The van der Waals surface area contributed by atoms with Crippen LogP contribution in [0.4, 0.5) is 0 Å². The molecule has 0 aliphatic heterocycles. The van der Waals surface area contributed by atoms with E-state index in [1.807, 2.05) is 30.3 Å². The molecule has 0 spiro atoms. The van der Waals surface area contributed by atoms with Gasteiger partial charge in [-0.2, -0.15) is 0 Å². The lowest BCUT2D eigenvalue weighted by atomic mass is 9.55. The number of benzene rings is 2. The Bertz CT molecular complexity index is 1290. The zero-order valence-corrected chi connectivity index (χ0v) is 23.6. The number of amides is 1. The molecule has 3 aliphatic carbocycles. The minimum atomic E-state index is -1.01. The van der Waals surface area contributed by atoms with Crippen LogP contribution in [0.2, 0.25) is 0 Å². The number of carbonyl (C=O) groups is 4. The van der Waals surface area contributed by atoms with Gasteiger partial charge in [-0.1, -0.05) is 31.2 Å². The Kier molecular flexibility index (Phi) is 8.76. The third-order valence-electron chi connectivity index (χ3n) is 9.55. The maximum Gasteiger partial charge on any atom is 0.343 e. The van der Waals surface area contributed by atoms with E-state index in [0.29, 0.717) is 42.0 Å². The molecule has 2 aromatic rings. The average molecular weight is 562 g/mol. The number of hydrogen-bond acceptors (Lipinski definition) is 6. The Morgan fingerprint density at radius 1 is 0.976 bits per heavy atom. The summed E-state index contributed by atoms with van der Waals surface area (Å²) in [5.41, 5.74) is 3.14. The van der Waals surface area contributed by atoms with E-state index in [2.05, 4.69) is 18.3 Å². The lowest BCUT2D eigenvalue weighted by Gasteiger charge is -2.50. The van der Waals surface area contributed by atoms with Gasteiger partial charge in [0.05, 0.1) is 12.0 Å². The standard InChI is InChI=1S/C33H39NO7/c1-33-18-17-25-24-12-10-23(40-32(39)21-6-3-2-4-7-21)20-22(24)9-11-26(25)27(33)13-14-28(33)41-31(38)8-5-19-34-29(35)15-16-30(36)37/h2-4,6-7,10,12,20,25-28H,5,8-9,11,13-19H2,1H3,(H,34,35)(H,36,37)/t25?,26?,27?,28?,33-/m1/s1. The molecule has 2 N–H and O–H groups in total. The number of fused-ring (bicyclic) bond motifs is 5. The first-order chi connectivity index (χ1) is 19.7. The van der Waals surface area contributed by atoms with Crippen LogP contribution in [0.15, 0.2) is 48.5 Å². The van der Waals surface area contributed by atoms with Gasteiger partial charge in [-0.15, -0.1) is 0 Å². The molecular formula is C33H39NO7. The maximum absolute atomic E-state index is 12.7. The third kappa shape index (κ3) is 6.47. The molecule has 2 saturated carbocycles. The lowest BCUT2D eigenvalue weighted by molar-refractivity contribution is -0.157. The molecule has 5 atom stereocenters. The van der Waals surface area contributed by atoms with Crippen molar-refractivity contribution < 1.29 is 33.8 Å². The van der Waals surface area contributed by atoms with Gasteiger partial charge in [-0.25, -0.2) is 4.79 Å². The van der Waals surface area contributed by atoms with Crippen molar-refractivity contribution in [2.75, 3.05) is 6.54 Å². The fraction of sp³-hybridized carbons (Fsp3) is 0.515. The first kappa shape index (κ1) is 28.8. The van der Waals surface area contributed by atoms with E-state index < -0.39 is 5.97 Å². The second-order valence-electron chi connectivity index (χ2n) is 12.0. The summed E-state index contributed by atoms with van der Waals surface area (Å²) in [4.78, 5) is 47.4. The molecule has 2 fully saturated rings. The zero-order chi connectivity index (χ0) is 29.0. The van der Waals surface area contributed by atoms with Crippen molar-refractivity contribution in [1.82, 2.24) is 5.32 Å². The minimum absolute atomic E-state index is 0.0372. The molecule has 8 nitrogen and oxygen atoms in total. The normalized spacial score (nSPS) is 26.2. The highest BCUT2D eigenvalue weighted by Crippen LogP contribution is 2.61. The molecule has 0 saturated heterocycles. The van der Waals surface area contributed by atoms with Gasteiger partial charge in [-0.05, 0) is 98.1 Å². The number of aryl methyl sites for hydroxylation is 1. The van der Waals surface area contributed by atoms with E-state index in [4.69, 9.17) is 14.6 Å². The number of aliphatic carboxylic acids is 1. The summed E-state index contributed by atoms with van der Waals surface area (Å²) in [5, 5.41) is 11.3. The van der Waals surface area contributed by atoms with Crippen LogP contribution >= 0.6 is 0 Å². The second-order valence-corrected chi connectivity index (χ2v) is 12.0. The smallest absolute Gasteiger partial charge is 0.343 e. The first-order valence-corrected chi connectivity index (χ1v) is 14.8. The van der Waals surface area contributed by atoms with Crippen molar-refractivity contribution in [1.29, 1.82) is 0 Å². The Labute approximate surface area is 240 Å². The number of carboxylic acid groups (broad SMARTS) is 1. The van der Waals surface area contributed by atoms with Gasteiger partial charge in [0.2, 0.25) is 5.91 Å². The predicted octanol–water partition coefficient (Wildman–Crippen LogP) is 5.43. The maximum atomic E-state index is 12.7. The lowest BCUT2D eigenvalue weighted by Crippen LogP contribution is -2.45. The van der Waals surface area contributed by atoms with Crippen molar-refractivity contribution in [2.45, 2.75) is 83.2 Å². The largest absolute Gasteiger partial charge is 0.481 e. The molecule has 5 rings (SSSR count). The number of carbonyl (C=O) groups excluding carboxylic acids is 3. The van der Waals surface area contributed by atoms with Crippen molar-refractivity contribution in [2.24, 2.45) is 17.3 Å². The molecule has 0 heterocycles. The molecule has 1 amide bonds.